The molecule has 0 fully saturated rings. The third kappa shape index (κ3) is 2.89. The molecule has 0 amide bonds. The third-order valence-electron chi connectivity index (χ3n) is 4.43. The van der Waals surface area contributed by atoms with Crippen LogP contribution in [-0.4, -0.2) is 5.97 Å². The molecule has 0 spiro atoms. The highest BCUT2D eigenvalue weighted by Gasteiger charge is 2.16. The molecular weight excluding hydrogens is 322 g/mol. The van der Waals surface area contributed by atoms with Crippen molar-refractivity contribution in [2.75, 3.05) is 0 Å². The zero-order valence-corrected chi connectivity index (χ0v) is 14.0. The van der Waals surface area contributed by atoms with Crippen LogP contribution < -0.4 is 0 Å². The van der Waals surface area contributed by atoms with E-state index in [1.165, 1.54) is 0 Å². The fourth-order valence-corrected chi connectivity index (χ4v) is 3.13. The number of esters is 1. The zero-order chi connectivity index (χ0) is 17.9. The van der Waals surface area contributed by atoms with Gasteiger partial charge in [-0.05, 0) is 45.3 Å². The van der Waals surface area contributed by atoms with Gasteiger partial charge in [0.1, 0.15) is 6.61 Å². The predicted octanol–water partition coefficient (Wildman–Crippen LogP) is 5.22. The second kappa shape index (κ2) is 6.70. The second-order valence-electron chi connectivity index (χ2n) is 6.08. The Kier molecular flexibility index (Phi) is 4.09. The molecule has 0 saturated carbocycles. The number of hydrogen-bond donors (Lipinski definition) is 0. The number of carbonyl (C=O) groups excluding carboxylic acids is 1. The van der Waals surface area contributed by atoms with Gasteiger partial charge in [0.25, 0.3) is 0 Å². The van der Waals surface area contributed by atoms with Crippen LogP contribution in [0.1, 0.15) is 21.5 Å². The molecule has 0 radical (unpaired) electrons. The Bertz CT molecular complexity index is 1100. The Morgan fingerprint density at radius 1 is 0.846 bits per heavy atom. The number of nitriles is 1. The van der Waals surface area contributed by atoms with Crippen molar-refractivity contribution in [3.8, 4) is 6.07 Å². The van der Waals surface area contributed by atoms with E-state index in [4.69, 9.17) is 10.00 Å². The Balaban J connectivity index is 1.71. The van der Waals surface area contributed by atoms with Gasteiger partial charge in [-0.15, -0.1) is 0 Å². The lowest BCUT2D eigenvalue weighted by atomic mass is 9.97. The molecule has 3 heteroatoms. The van der Waals surface area contributed by atoms with Crippen molar-refractivity contribution < 1.29 is 9.53 Å². The molecule has 4 rings (SSSR count). The summed E-state index contributed by atoms with van der Waals surface area (Å²) in [4.78, 5) is 12.9. The standard InChI is InChI=1S/C23H15NO2/c24-14-16-9-11-17(12-10-16)15-26-23(25)22-20-7-3-1-5-18(20)13-19-6-2-4-8-21(19)22/h1-13H,15H2. The van der Waals surface area contributed by atoms with Crippen LogP contribution in [-0.2, 0) is 11.3 Å². The number of rotatable bonds is 3. The van der Waals surface area contributed by atoms with Crippen molar-refractivity contribution in [3.05, 3.63) is 95.6 Å². The largest absolute Gasteiger partial charge is 0.457 e. The molecule has 3 nitrogen and oxygen atoms in total. The van der Waals surface area contributed by atoms with Gasteiger partial charge in [-0.3, -0.25) is 0 Å². The van der Waals surface area contributed by atoms with Crippen LogP contribution >= 0.6 is 0 Å². The van der Waals surface area contributed by atoms with Gasteiger partial charge in [0.2, 0.25) is 0 Å². The maximum absolute atomic E-state index is 12.9. The van der Waals surface area contributed by atoms with Crippen molar-refractivity contribution in [2.45, 2.75) is 6.61 Å². The van der Waals surface area contributed by atoms with Crippen LogP contribution in [0.2, 0.25) is 0 Å². The third-order valence-corrected chi connectivity index (χ3v) is 4.43. The average Bonchev–Trinajstić information content (AvgIpc) is 2.70. The van der Waals surface area contributed by atoms with Gasteiger partial charge in [-0.25, -0.2) is 4.79 Å². The molecule has 0 aliphatic rings. The van der Waals surface area contributed by atoms with Gasteiger partial charge in [0.15, 0.2) is 0 Å². The van der Waals surface area contributed by atoms with Gasteiger partial charge in [-0.2, -0.15) is 5.26 Å². The van der Waals surface area contributed by atoms with Gasteiger partial charge in [0.05, 0.1) is 17.2 Å². The highest BCUT2D eigenvalue weighted by molar-refractivity contribution is 6.16. The normalized spacial score (nSPS) is 10.6. The van der Waals surface area contributed by atoms with E-state index in [0.29, 0.717) is 11.1 Å². The van der Waals surface area contributed by atoms with Crippen molar-refractivity contribution in [1.29, 1.82) is 5.26 Å². The van der Waals surface area contributed by atoms with Gasteiger partial charge in [0, 0.05) is 0 Å². The number of benzene rings is 4. The van der Waals surface area contributed by atoms with Crippen molar-refractivity contribution in [2.24, 2.45) is 0 Å². The van der Waals surface area contributed by atoms with Crippen LogP contribution in [0, 0.1) is 11.3 Å². The van der Waals surface area contributed by atoms with E-state index >= 15 is 0 Å². The number of nitrogens with zero attached hydrogens (tertiary/aromatic N) is 1. The number of hydrogen-bond acceptors (Lipinski definition) is 3. The first kappa shape index (κ1) is 15.9. The molecule has 0 aliphatic heterocycles. The SMILES string of the molecule is N#Cc1ccc(COC(=O)c2c3ccccc3cc3ccccc23)cc1. The lowest BCUT2D eigenvalue weighted by Gasteiger charge is -2.11. The molecule has 26 heavy (non-hydrogen) atoms. The van der Waals surface area contributed by atoms with Crippen LogP contribution in [0.5, 0.6) is 0 Å². The van der Waals surface area contributed by atoms with Crippen LogP contribution in [0.25, 0.3) is 21.5 Å². The molecule has 0 heterocycles. The van der Waals surface area contributed by atoms with Gasteiger partial charge in [-0.1, -0.05) is 60.7 Å². The molecule has 4 aromatic rings. The van der Waals surface area contributed by atoms with E-state index in [1.54, 1.807) is 24.3 Å². The summed E-state index contributed by atoms with van der Waals surface area (Å²) in [6, 6.07) is 26.9. The summed E-state index contributed by atoms with van der Waals surface area (Å²) in [6.45, 7) is 0.169. The molecule has 0 aromatic heterocycles. The summed E-state index contributed by atoms with van der Waals surface area (Å²) in [7, 11) is 0. The molecule has 0 aliphatic carbocycles. The lowest BCUT2D eigenvalue weighted by molar-refractivity contribution is 0.0477. The summed E-state index contributed by atoms with van der Waals surface area (Å²) in [5.74, 6) is -0.345. The van der Waals surface area contributed by atoms with Crippen LogP contribution in [0.4, 0.5) is 0 Å². The summed E-state index contributed by atoms with van der Waals surface area (Å²) in [5, 5.41) is 12.7. The van der Waals surface area contributed by atoms with Crippen LogP contribution in [0.3, 0.4) is 0 Å². The molecule has 0 atom stereocenters. The summed E-state index contributed by atoms with van der Waals surface area (Å²) < 4.78 is 5.58. The maximum atomic E-state index is 12.9. The summed E-state index contributed by atoms with van der Waals surface area (Å²) >= 11 is 0. The molecule has 124 valence electrons. The van der Waals surface area contributed by atoms with Crippen molar-refractivity contribution in [1.82, 2.24) is 0 Å². The Hall–Kier alpha value is -3.64. The zero-order valence-electron chi connectivity index (χ0n) is 14.0. The minimum Gasteiger partial charge on any atom is -0.457 e. The lowest BCUT2D eigenvalue weighted by Crippen LogP contribution is -2.07. The average molecular weight is 337 g/mol. The topological polar surface area (TPSA) is 50.1 Å². The first-order chi connectivity index (χ1) is 12.8. The van der Waals surface area contributed by atoms with E-state index < -0.39 is 0 Å². The Morgan fingerprint density at radius 2 is 1.42 bits per heavy atom. The van der Waals surface area contributed by atoms with E-state index in [2.05, 4.69) is 12.1 Å². The first-order valence-corrected chi connectivity index (χ1v) is 8.33. The minimum atomic E-state index is -0.345. The number of ether oxygens (including phenoxy) is 1. The predicted molar refractivity (Wildman–Crippen MR) is 102 cm³/mol. The Morgan fingerprint density at radius 3 is 2.00 bits per heavy atom. The second-order valence-corrected chi connectivity index (χ2v) is 6.08. The summed E-state index contributed by atoms with van der Waals surface area (Å²) in [6.07, 6.45) is 0. The molecule has 4 aromatic carbocycles. The highest BCUT2D eigenvalue weighted by atomic mass is 16.5. The van der Waals surface area contributed by atoms with Crippen molar-refractivity contribution in [3.63, 3.8) is 0 Å². The van der Waals surface area contributed by atoms with Gasteiger partial charge < -0.3 is 4.74 Å². The molecule has 0 N–H and O–H groups in total. The fraction of sp³-hybridized carbons (Fsp3) is 0.0435. The molecular formula is C23H15NO2. The highest BCUT2D eigenvalue weighted by Crippen LogP contribution is 2.29. The molecule has 0 saturated heterocycles. The maximum Gasteiger partial charge on any atom is 0.339 e. The van der Waals surface area contributed by atoms with Gasteiger partial charge >= 0.3 is 5.97 Å². The molecule has 0 unspecified atom stereocenters. The fourth-order valence-electron chi connectivity index (χ4n) is 3.13. The number of carbonyl (C=O) groups is 1. The number of fused-ring (bicyclic) bond motifs is 2. The summed E-state index contributed by atoms with van der Waals surface area (Å²) in [5.41, 5.74) is 2.02. The molecule has 0 bridgehead atoms. The van der Waals surface area contributed by atoms with Crippen molar-refractivity contribution >= 4 is 27.5 Å². The van der Waals surface area contributed by atoms with E-state index in [-0.39, 0.29) is 12.6 Å². The monoisotopic (exact) mass is 337 g/mol. The van der Waals surface area contributed by atoms with Crippen LogP contribution in [0.15, 0.2) is 78.9 Å². The first-order valence-electron chi connectivity index (χ1n) is 8.33. The smallest absolute Gasteiger partial charge is 0.339 e. The quantitative estimate of drug-likeness (QED) is 0.380. The Labute approximate surface area is 151 Å². The van der Waals surface area contributed by atoms with E-state index in [0.717, 1.165) is 27.1 Å². The van der Waals surface area contributed by atoms with E-state index in [1.807, 2.05) is 48.5 Å². The van der Waals surface area contributed by atoms with E-state index in [9.17, 15) is 4.79 Å². The minimum absolute atomic E-state index is 0.169.